The summed E-state index contributed by atoms with van der Waals surface area (Å²) in [7, 11) is -3.49. The molecule has 3 rings (SSSR count). The van der Waals surface area contributed by atoms with Crippen LogP contribution in [0, 0.1) is 0 Å². The molecule has 1 aliphatic rings. The Hall–Kier alpha value is -0.690. The molecule has 1 aliphatic heterocycles. The van der Waals surface area contributed by atoms with Crippen LogP contribution < -0.4 is 0 Å². The largest absolute Gasteiger partial charge is 0.244 e. The molecule has 0 aromatic heterocycles. The SMILES string of the molecule is O=S(=O)(c1ccc(Br)cc1Br)N1CCc2ccccc2C1. The van der Waals surface area contributed by atoms with Gasteiger partial charge >= 0.3 is 0 Å². The summed E-state index contributed by atoms with van der Waals surface area (Å²) >= 11 is 6.69. The molecule has 2 aromatic carbocycles. The Balaban J connectivity index is 1.97. The van der Waals surface area contributed by atoms with Crippen LogP contribution in [0.25, 0.3) is 0 Å². The molecule has 0 spiro atoms. The lowest BCUT2D eigenvalue weighted by molar-refractivity contribution is 0.391. The van der Waals surface area contributed by atoms with Crippen LogP contribution >= 0.6 is 31.9 Å². The third-order valence-corrected chi connectivity index (χ3v) is 6.92. The van der Waals surface area contributed by atoms with Crippen molar-refractivity contribution in [2.75, 3.05) is 6.54 Å². The number of halogens is 2. The molecule has 21 heavy (non-hydrogen) atoms. The van der Waals surface area contributed by atoms with Crippen molar-refractivity contribution in [2.24, 2.45) is 0 Å². The van der Waals surface area contributed by atoms with Crippen molar-refractivity contribution in [3.8, 4) is 0 Å². The first-order valence-corrected chi connectivity index (χ1v) is 9.53. The lowest BCUT2D eigenvalue weighted by Crippen LogP contribution is -2.36. The van der Waals surface area contributed by atoms with Crippen LogP contribution in [-0.4, -0.2) is 19.3 Å². The van der Waals surface area contributed by atoms with E-state index in [0.29, 0.717) is 22.5 Å². The fraction of sp³-hybridized carbons (Fsp3) is 0.200. The van der Waals surface area contributed by atoms with Gasteiger partial charge in [0.2, 0.25) is 10.0 Å². The van der Waals surface area contributed by atoms with E-state index in [-0.39, 0.29) is 0 Å². The molecular weight excluding hydrogens is 418 g/mol. The molecule has 2 aromatic rings. The average Bonchev–Trinajstić information content (AvgIpc) is 2.46. The number of fused-ring (bicyclic) bond motifs is 1. The predicted molar refractivity (Wildman–Crippen MR) is 89.6 cm³/mol. The second-order valence-corrected chi connectivity index (χ2v) is 8.61. The average molecular weight is 431 g/mol. The molecule has 1 heterocycles. The van der Waals surface area contributed by atoms with E-state index >= 15 is 0 Å². The van der Waals surface area contributed by atoms with Crippen molar-refractivity contribution < 1.29 is 8.42 Å². The van der Waals surface area contributed by atoms with Gasteiger partial charge in [0, 0.05) is 22.0 Å². The van der Waals surface area contributed by atoms with Gasteiger partial charge in [-0.1, -0.05) is 40.2 Å². The fourth-order valence-electron chi connectivity index (χ4n) is 2.50. The highest BCUT2D eigenvalue weighted by Gasteiger charge is 2.29. The number of hydrogen-bond donors (Lipinski definition) is 0. The predicted octanol–water partition coefficient (Wildman–Crippen LogP) is 3.96. The highest BCUT2D eigenvalue weighted by Crippen LogP contribution is 2.30. The van der Waals surface area contributed by atoms with E-state index in [1.54, 1.807) is 22.5 Å². The van der Waals surface area contributed by atoms with Crippen LogP contribution in [0.4, 0.5) is 0 Å². The highest BCUT2D eigenvalue weighted by atomic mass is 79.9. The van der Waals surface area contributed by atoms with Crippen molar-refractivity contribution in [1.29, 1.82) is 0 Å². The molecule has 0 N–H and O–H groups in total. The van der Waals surface area contributed by atoms with Crippen LogP contribution in [0.2, 0.25) is 0 Å². The number of rotatable bonds is 2. The van der Waals surface area contributed by atoms with Gasteiger partial charge in [-0.25, -0.2) is 8.42 Å². The van der Waals surface area contributed by atoms with Crippen molar-refractivity contribution in [3.63, 3.8) is 0 Å². The first-order chi connectivity index (χ1) is 9.98. The Kier molecular flexibility index (Phi) is 4.23. The zero-order valence-corrected chi connectivity index (χ0v) is 15.1. The molecule has 0 unspecified atom stereocenters. The van der Waals surface area contributed by atoms with E-state index < -0.39 is 10.0 Å². The maximum atomic E-state index is 12.8. The van der Waals surface area contributed by atoms with E-state index in [9.17, 15) is 8.42 Å². The fourth-order valence-corrected chi connectivity index (χ4v) is 5.62. The first kappa shape index (κ1) is 15.2. The van der Waals surface area contributed by atoms with Gasteiger partial charge in [-0.05, 0) is 51.7 Å². The summed E-state index contributed by atoms with van der Waals surface area (Å²) in [4.78, 5) is 0.310. The van der Waals surface area contributed by atoms with Gasteiger partial charge in [0.05, 0.1) is 4.90 Å². The number of benzene rings is 2. The molecule has 0 saturated heterocycles. The minimum absolute atomic E-state index is 0.310. The molecule has 0 aliphatic carbocycles. The third-order valence-electron chi connectivity index (χ3n) is 3.61. The monoisotopic (exact) mass is 429 g/mol. The number of nitrogens with zero attached hydrogens (tertiary/aromatic N) is 1. The molecule has 0 amide bonds. The lowest BCUT2D eigenvalue weighted by Gasteiger charge is -2.28. The van der Waals surface area contributed by atoms with Gasteiger partial charge in [0.15, 0.2) is 0 Å². The molecule has 110 valence electrons. The number of hydrogen-bond acceptors (Lipinski definition) is 2. The summed E-state index contributed by atoms with van der Waals surface area (Å²) in [5, 5.41) is 0. The zero-order valence-electron chi connectivity index (χ0n) is 11.1. The minimum atomic E-state index is -3.49. The van der Waals surface area contributed by atoms with E-state index in [0.717, 1.165) is 16.5 Å². The highest BCUT2D eigenvalue weighted by molar-refractivity contribution is 9.11. The van der Waals surface area contributed by atoms with Crippen LogP contribution in [0.3, 0.4) is 0 Å². The van der Waals surface area contributed by atoms with Crippen molar-refractivity contribution in [1.82, 2.24) is 4.31 Å². The Morgan fingerprint density at radius 3 is 2.43 bits per heavy atom. The van der Waals surface area contributed by atoms with Crippen LogP contribution in [-0.2, 0) is 23.0 Å². The normalized spacial score (nSPS) is 15.7. The van der Waals surface area contributed by atoms with E-state index in [1.807, 2.05) is 18.2 Å². The smallest absolute Gasteiger partial charge is 0.207 e. The molecule has 0 saturated carbocycles. The van der Waals surface area contributed by atoms with Crippen LogP contribution in [0.15, 0.2) is 56.3 Å². The summed E-state index contributed by atoms with van der Waals surface area (Å²) in [6.45, 7) is 0.947. The van der Waals surface area contributed by atoms with E-state index in [4.69, 9.17) is 0 Å². The van der Waals surface area contributed by atoms with Gasteiger partial charge in [-0.2, -0.15) is 4.31 Å². The van der Waals surface area contributed by atoms with Gasteiger partial charge in [0.25, 0.3) is 0 Å². The maximum Gasteiger partial charge on any atom is 0.244 e. The molecular formula is C15H13Br2NO2S. The van der Waals surface area contributed by atoms with Crippen molar-refractivity contribution >= 4 is 41.9 Å². The standard InChI is InChI=1S/C15H13Br2NO2S/c16-13-5-6-15(14(17)9-13)21(19,20)18-8-7-11-3-1-2-4-12(11)10-18/h1-6,9H,7-8,10H2. The van der Waals surface area contributed by atoms with Crippen molar-refractivity contribution in [2.45, 2.75) is 17.9 Å². The lowest BCUT2D eigenvalue weighted by atomic mass is 10.0. The number of sulfonamides is 1. The van der Waals surface area contributed by atoms with Crippen molar-refractivity contribution in [3.05, 3.63) is 62.5 Å². The topological polar surface area (TPSA) is 37.4 Å². The van der Waals surface area contributed by atoms with Gasteiger partial charge in [0.1, 0.15) is 0 Å². The summed E-state index contributed by atoms with van der Waals surface area (Å²) < 4.78 is 28.6. The summed E-state index contributed by atoms with van der Waals surface area (Å²) in [5.41, 5.74) is 2.32. The Bertz CT molecular complexity index is 790. The Morgan fingerprint density at radius 2 is 1.71 bits per heavy atom. The van der Waals surface area contributed by atoms with E-state index in [2.05, 4.69) is 37.9 Å². The molecule has 6 heteroatoms. The first-order valence-electron chi connectivity index (χ1n) is 6.50. The second kappa shape index (κ2) is 5.83. The van der Waals surface area contributed by atoms with Crippen LogP contribution in [0.5, 0.6) is 0 Å². The zero-order chi connectivity index (χ0) is 15.0. The molecule has 0 bridgehead atoms. The molecule has 0 radical (unpaired) electrons. The molecule has 3 nitrogen and oxygen atoms in total. The molecule has 0 fully saturated rings. The molecule has 0 atom stereocenters. The summed E-state index contributed by atoms with van der Waals surface area (Å²) in [6, 6.07) is 13.1. The van der Waals surface area contributed by atoms with Gasteiger partial charge < -0.3 is 0 Å². The quantitative estimate of drug-likeness (QED) is 0.723. The van der Waals surface area contributed by atoms with Gasteiger partial charge in [-0.3, -0.25) is 0 Å². The second-order valence-electron chi connectivity index (χ2n) is 4.93. The van der Waals surface area contributed by atoms with Crippen LogP contribution in [0.1, 0.15) is 11.1 Å². The Labute approximate surface area is 141 Å². The Morgan fingerprint density at radius 1 is 1.00 bits per heavy atom. The van der Waals surface area contributed by atoms with E-state index in [1.165, 1.54) is 5.56 Å². The minimum Gasteiger partial charge on any atom is -0.207 e. The van der Waals surface area contributed by atoms with Gasteiger partial charge in [-0.15, -0.1) is 0 Å². The third kappa shape index (κ3) is 2.95. The summed E-state index contributed by atoms with van der Waals surface area (Å²) in [5.74, 6) is 0. The maximum absolute atomic E-state index is 12.8. The summed E-state index contributed by atoms with van der Waals surface area (Å²) in [6.07, 6.45) is 0.754.